The molecule has 0 aromatic heterocycles. The normalized spacial score (nSPS) is 17.5. The summed E-state index contributed by atoms with van der Waals surface area (Å²) in [5.74, 6) is -111. The Balaban J connectivity index is 8.03. The van der Waals surface area contributed by atoms with E-state index < -0.39 is 101 Å². The minimum Gasteiger partial charge on any atom is -0.413 e. The van der Waals surface area contributed by atoms with Crippen molar-refractivity contribution >= 4 is 5.97 Å². The molecular weight excluding hydrogens is 849 g/mol. The van der Waals surface area contributed by atoms with Crippen molar-refractivity contribution in [2.45, 2.75) is 96.2 Å². The highest BCUT2D eigenvalue weighted by Gasteiger charge is 3.02. The van der Waals surface area contributed by atoms with Gasteiger partial charge in [0.25, 0.3) is 0 Å². The fourth-order valence-electron chi connectivity index (χ4n) is 3.04. The van der Waals surface area contributed by atoms with Gasteiger partial charge in [-0.2, -0.15) is 132 Å². The van der Waals surface area contributed by atoms with Crippen molar-refractivity contribution in [3.63, 3.8) is 0 Å². The first-order valence-electron chi connectivity index (χ1n) is 11.1. The molecule has 0 radical (unpaired) electrons. The van der Waals surface area contributed by atoms with Crippen LogP contribution >= 0.6 is 0 Å². The first-order valence-corrected chi connectivity index (χ1v) is 11.1. The second-order valence-corrected chi connectivity index (χ2v) is 9.66. The summed E-state index contributed by atoms with van der Waals surface area (Å²) in [4.78, 5) is 11.1. The quantitative estimate of drug-likeness (QED) is 0.105. The van der Waals surface area contributed by atoms with E-state index in [0.717, 1.165) is 0 Å². The summed E-state index contributed by atoms with van der Waals surface area (Å²) in [7, 11) is 0. The van der Waals surface area contributed by atoms with E-state index >= 15 is 0 Å². The van der Waals surface area contributed by atoms with E-state index in [1.165, 1.54) is 0 Å². The fraction of sp³-hybridized carbons (Fsp3) is 0.842. The van der Waals surface area contributed by atoms with Crippen LogP contribution in [0.15, 0.2) is 12.2 Å². The van der Waals surface area contributed by atoms with Crippen molar-refractivity contribution in [3.8, 4) is 0 Å². The van der Waals surface area contributed by atoms with Gasteiger partial charge in [-0.1, -0.05) is 6.58 Å². The molecule has 2 nitrogen and oxygen atoms in total. The molecule has 0 aliphatic carbocycles. The van der Waals surface area contributed by atoms with Gasteiger partial charge in [0.15, 0.2) is 0 Å². The number of hydrogen-bond donors (Lipinski definition) is 0. The largest absolute Gasteiger partial charge is 0.461 e. The van der Waals surface area contributed by atoms with Gasteiger partial charge in [-0.05, 0) is 6.92 Å². The van der Waals surface area contributed by atoms with Crippen LogP contribution in [0.1, 0.15) is 6.92 Å². The van der Waals surface area contributed by atoms with Gasteiger partial charge in [0.05, 0.1) is 0 Å². The summed E-state index contributed by atoms with van der Waals surface area (Å²) < 4.78 is 421. The number of ether oxygens (including phenoxy) is 1. The summed E-state index contributed by atoms with van der Waals surface area (Å²) in [6.07, 6.45) is -26.0. The van der Waals surface area contributed by atoms with E-state index in [-0.39, 0.29) is 6.92 Å². The van der Waals surface area contributed by atoms with Crippen LogP contribution in [0.4, 0.5) is 136 Å². The zero-order valence-corrected chi connectivity index (χ0v) is 22.7. The molecule has 0 aromatic carbocycles. The molecular formula is C19H5F31O2. The fourth-order valence-corrected chi connectivity index (χ4v) is 3.04. The molecule has 0 heterocycles. The molecule has 0 bridgehead atoms. The standard InChI is InChI=1S/C19H5F31O2/c1-3(2)4(51)52-16(41,15(39,40)19(48,49)50)14(37,38)13(35,36)12(33,34)11(31,32)10(29,30)9(27,28)8(25,26)7(23,24)6(21,22)5(20,17(42,43)44)18(45,46)47/h1H2,2H3. The molecule has 1 unspecified atom stereocenters. The Hall–Kier alpha value is -2.96. The number of esters is 1. The van der Waals surface area contributed by atoms with Crippen molar-refractivity contribution in [2.75, 3.05) is 0 Å². The average molecular weight is 854 g/mol. The van der Waals surface area contributed by atoms with Crippen LogP contribution in [0.25, 0.3) is 0 Å². The van der Waals surface area contributed by atoms with Crippen LogP contribution in [0.5, 0.6) is 0 Å². The lowest BCUT2D eigenvalue weighted by Crippen LogP contribution is -2.80. The van der Waals surface area contributed by atoms with E-state index in [2.05, 4.69) is 6.58 Å². The number of rotatable bonds is 13. The molecule has 33 heteroatoms. The number of hydrogen-bond acceptors (Lipinski definition) is 2. The van der Waals surface area contributed by atoms with Crippen LogP contribution in [0.2, 0.25) is 0 Å². The van der Waals surface area contributed by atoms with Crippen molar-refractivity contribution in [1.29, 1.82) is 0 Å². The Morgan fingerprint density at radius 3 is 0.750 bits per heavy atom. The van der Waals surface area contributed by atoms with E-state index in [4.69, 9.17) is 0 Å². The van der Waals surface area contributed by atoms with E-state index in [1.807, 2.05) is 4.74 Å². The maximum atomic E-state index is 14.6. The van der Waals surface area contributed by atoms with Crippen LogP contribution in [0.3, 0.4) is 0 Å². The van der Waals surface area contributed by atoms with Gasteiger partial charge in [0, 0.05) is 5.57 Å². The molecule has 0 N–H and O–H groups in total. The minimum atomic E-state index is -10.2. The zero-order chi connectivity index (χ0) is 43.4. The Morgan fingerprint density at radius 2 is 0.558 bits per heavy atom. The highest BCUT2D eigenvalue weighted by atomic mass is 19.4. The lowest BCUT2D eigenvalue weighted by molar-refractivity contribution is -0.496. The van der Waals surface area contributed by atoms with E-state index in [9.17, 15) is 141 Å². The molecule has 0 fully saturated rings. The third-order valence-electron chi connectivity index (χ3n) is 6.11. The molecule has 0 aliphatic rings. The highest BCUT2D eigenvalue weighted by Crippen LogP contribution is 2.70. The maximum Gasteiger partial charge on any atom is 0.461 e. The van der Waals surface area contributed by atoms with Crippen LogP contribution in [-0.4, -0.2) is 95.2 Å². The average Bonchev–Trinajstić information content (AvgIpc) is 2.89. The number of carbonyl (C=O) groups is 1. The van der Waals surface area contributed by atoms with Crippen molar-refractivity contribution in [3.05, 3.63) is 12.2 Å². The molecule has 310 valence electrons. The molecule has 0 spiro atoms. The molecule has 0 saturated carbocycles. The molecule has 52 heavy (non-hydrogen) atoms. The SMILES string of the molecule is C=C(C)C(=O)OC(F)(C(F)(F)C(F)(F)F)C(F)(F)C(F)(F)C(F)(F)C(F)(F)C(F)(F)C(F)(F)C(F)(F)C(F)(F)C(F)(F)C(F)(C(F)(F)F)C(F)(F)F. The van der Waals surface area contributed by atoms with Crippen LogP contribution < -0.4 is 0 Å². The third kappa shape index (κ3) is 5.72. The molecule has 0 saturated heterocycles. The van der Waals surface area contributed by atoms with Crippen LogP contribution in [-0.2, 0) is 9.53 Å². The predicted molar refractivity (Wildman–Crippen MR) is 96.2 cm³/mol. The Bertz CT molecular complexity index is 1350. The third-order valence-corrected chi connectivity index (χ3v) is 6.11. The Kier molecular flexibility index (Phi) is 11.3. The molecule has 1 atom stereocenters. The zero-order valence-electron chi connectivity index (χ0n) is 22.7. The molecule has 0 aliphatic heterocycles. The maximum absolute atomic E-state index is 14.6. The summed E-state index contributed by atoms with van der Waals surface area (Å²) in [5.41, 5.74) is -11.4. The summed E-state index contributed by atoms with van der Waals surface area (Å²) in [5, 5.41) is 0. The second-order valence-electron chi connectivity index (χ2n) is 9.66. The molecule has 0 aromatic rings. The summed E-state index contributed by atoms with van der Waals surface area (Å²) in [6, 6.07) is 0. The molecule has 0 rings (SSSR count). The first kappa shape index (κ1) is 49.0. The monoisotopic (exact) mass is 854 g/mol. The smallest absolute Gasteiger partial charge is 0.413 e. The number of carbonyl (C=O) groups excluding carboxylic acids is 1. The lowest BCUT2D eigenvalue weighted by atomic mass is 9.81. The van der Waals surface area contributed by atoms with E-state index in [0.29, 0.717) is 0 Å². The number of halogens is 31. The van der Waals surface area contributed by atoms with Crippen molar-refractivity contribution < 1.29 is 146 Å². The van der Waals surface area contributed by atoms with Gasteiger partial charge in [0.2, 0.25) is 0 Å². The van der Waals surface area contributed by atoms with Gasteiger partial charge < -0.3 is 4.74 Å². The highest BCUT2D eigenvalue weighted by molar-refractivity contribution is 5.87. The van der Waals surface area contributed by atoms with Gasteiger partial charge >= 0.3 is 95.2 Å². The first-order chi connectivity index (χ1) is 21.8. The van der Waals surface area contributed by atoms with Gasteiger partial charge in [-0.15, -0.1) is 0 Å². The van der Waals surface area contributed by atoms with Gasteiger partial charge in [-0.25, -0.2) is 9.18 Å². The lowest BCUT2D eigenvalue weighted by Gasteiger charge is -2.47. The van der Waals surface area contributed by atoms with E-state index in [1.54, 1.807) is 0 Å². The Morgan fingerprint density at radius 1 is 0.346 bits per heavy atom. The number of alkyl halides is 31. The van der Waals surface area contributed by atoms with Gasteiger partial charge in [-0.3, -0.25) is 0 Å². The van der Waals surface area contributed by atoms with Gasteiger partial charge in [0.1, 0.15) is 0 Å². The predicted octanol–water partition coefficient (Wildman–Crippen LogP) is 10.5. The summed E-state index contributed by atoms with van der Waals surface area (Å²) in [6.45, 7) is 1.95. The molecule has 0 amide bonds. The van der Waals surface area contributed by atoms with Crippen molar-refractivity contribution in [1.82, 2.24) is 0 Å². The minimum absolute atomic E-state index is 0.147. The Labute approximate surface area is 261 Å². The summed E-state index contributed by atoms with van der Waals surface area (Å²) >= 11 is 0. The topological polar surface area (TPSA) is 26.3 Å². The van der Waals surface area contributed by atoms with Crippen LogP contribution in [0, 0.1) is 0 Å². The second kappa shape index (κ2) is 12.0. The van der Waals surface area contributed by atoms with Crippen molar-refractivity contribution in [2.24, 2.45) is 0 Å².